The van der Waals surface area contributed by atoms with E-state index in [0.717, 1.165) is 30.5 Å². The monoisotopic (exact) mass is 413 g/mol. The standard InChI is InChI=1S/C24H35N3O3/c1-7-17(4)27(24(29)18(8-2)9-3)16-19-15-20(12-13-21(19)26(5)6)25-23(28)22-11-10-14-30-22/h10-15,17-18H,7-9,16H2,1-6H3,(H,25,28)/t17-/m0/s1. The summed E-state index contributed by atoms with van der Waals surface area (Å²) in [4.78, 5) is 29.6. The average Bonchev–Trinajstić information content (AvgIpc) is 3.27. The minimum absolute atomic E-state index is 0.0312. The minimum atomic E-state index is -0.296. The van der Waals surface area contributed by atoms with Gasteiger partial charge in [-0.3, -0.25) is 9.59 Å². The van der Waals surface area contributed by atoms with E-state index in [2.05, 4.69) is 33.0 Å². The average molecular weight is 414 g/mol. The summed E-state index contributed by atoms with van der Waals surface area (Å²) >= 11 is 0. The van der Waals surface area contributed by atoms with Gasteiger partial charge in [0.15, 0.2) is 5.76 Å². The Kier molecular flexibility index (Phi) is 8.51. The van der Waals surface area contributed by atoms with Gasteiger partial charge in [-0.2, -0.15) is 0 Å². The summed E-state index contributed by atoms with van der Waals surface area (Å²) in [5.41, 5.74) is 2.70. The molecular weight excluding hydrogens is 378 g/mol. The molecule has 0 aliphatic heterocycles. The maximum absolute atomic E-state index is 13.2. The molecule has 0 fully saturated rings. The molecule has 1 aromatic heterocycles. The third-order valence-electron chi connectivity index (χ3n) is 5.65. The van der Waals surface area contributed by atoms with Crippen molar-refractivity contribution in [3.05, 3.63) is 47.9 Å². The van der Waals surface area contributed by atoms with Gasteiger partial charge in [0, 0.05) is 44.0 Å². The maximum Gasteiger partial charge on any atom is 0.291 e. The van der Waals surface area contributed by atoms with Gasteiger partial charge in [0.25, 0.3) is 5.91 Å². The summed E-state index contributed by atoms with van der Waals surface area (Å²) in [7, 11) is 3.96. The summed E-state index contributed by atoms with van der Waals surface area (Å²) in [5, 5.41) is 2.89. The number of nitrogens with one attached hydrogen (secondary N) is 1. The highest BCUT2D eigenvalue weighted by molar-refractivity contribution is 6.02. The van der Waals surface area contributed by atoms with E-state index in [-0.39, 0.29) is 29.5 Å². The van der Waals surface area contributed by atoms with Crippen molar-refractivity contribution in [2.45, 2.75) is 59.5 Å². The lowest BCUT2D eigenvalue weighted by atomic mass is 9.99. The van der Waals surface area contributed by atoms with Crippen molar-refractivity contribution < 1.29 is 14.0 Å². The molecule has 2 rings (SSSR count). The van der Waals surface area contributed by atoms with Gasteiger partial charge in [-0.25, -0.2) is 0 Å². The molecule has 0 unspecified atom stereocenters. The molecule has 0 saturated carbocycles. The van der Waals surface area contributed by atoms with E-state index < -0.39 is 0 Å². The summed E-state index contributed by atoms with van der Waals surface area (Å²) in [5.74, 6) is 0.196. The van der Waals surface area contributed by atoms with Crippen molar-refractivity contribution in [3.8, 4) is 0 Å². The third-order valence-corrected chi connectivity index (χ3v) is 5.65. The van der Waals surface area contributed by atoms with Crippen LogP contribution in [0.4, 0.5) is 11.4 Å². The Morgan fingerprint density at radius 2 is 1.77 bits per heavy atom. The molecule has 30 heavy (non-hydrogen) atoms. The number of amides is 2. The summed E-state index contributed by atoms with van der Waals surface area (Å²) < 4.78 is 5.18. The van der Waals surface area contributed by atoms with Crippen LogP contribution in [-0.4, -0.2) is 36.9 Å². The normalized spacial score (nSPS) is 12.0. The number of carbonyl (C=O) groups excluding carboxylic acids is 2. The number of hydrogen-bond donors (Lipinski definition) is 1. The molecule has 1 N–H and O–H groups in total. The SMILES string of the molecule is CCC(CC)C(=O)N(Cc1cc(NC(=O)c2ccco2)ccc1N(C)C)[C@@H](C)CC. The van der Waals surface area contributed by atoms with Gasteiger partial charge < -0.3 is 19.5 Å². The van der Waals surface area contributed by atoms with E-state index in [1.807, 2.05) is 42.1 Å². The second kappa shape index (κ2) is 10.9. The third kappa shape index (κ3) is 5.65. The number of anilines is 2. The first-order chi connectivity index (χ1) is 14.3. The largest absolute Gasteiger partial charge is 0.459 e. The minimum Gasteiger partial charge on any atom is -0.459 e. The zero-order valence-electron chi connectivity index (χ0n) is 19.1. The molecule has 1 heterocycles. The zero-order chi connectivity index (χ0) is 22.3. The van der Waals surface area contributed by atoms with Crippen LogP contribution < -0.4 is 10.2 Å². The maximum atomic E-state index is 13.2. The topological polar surface area (TPSA) is 65.8 Å². The Balaban J connectivity index is 2.35. The van der Waals surface area contributed by atoms with Gasteiger partial charge in [-0.05, 0) is 62.1 Å². The van der Waals surface area contributed by atoms with Crippen molar-refractivity contribution >= 4 is 23.2 Å². The first-order valence-electron chi connectivity index (χ1n) is 10.8. The van der Waals surface area contributed by atoms with E-state index in [0.29, 0.717) is 12.2 Å². The molecular formula is C24H35N3O3. The predicted octanol–water partition coefficient (Wildman–Crippen LogP) is 5.16. The molecule has 0 aliphatic carbocycles. The molecule has 164 valence electrons. The lowest BCUT2D eigenvalue weighted by molar-refractivity contribution is -0.138. The van der Waals surface area contributed by atoms with Crippen molar-refractivity contribution in [2.24, 2.45) is 5.92 Å². The fraction of sp³-hybridized carbons (Fsp3) is 0.500. The van der Waals surface area contributed by atoms with Crippen LogP contribution >= 0.6 is 0 Å². The van der Waals surface area contributed by atoms with Gasteiger partial charge in [-0.15, -0.1) is 0 Å². The number of hydrogen-bond acceptors (Lipinski definition) is 4. The summed E-state index contributed by atoms with van der Waals surface area (Å²) in [6.45, 7) is 8.83. The highest BCUT2D eigenvalue weighted by atomic mass is 16.3. The molecule has 2 aromatic rings. The summed E-state index contributed by atoms with van der Waals surface area (Å²) in [6, 6.07) is 9.24. The first-order valence-corrected chi connectivity index (χ1v) is 10.8. The quantitative estimate of drug-likeness (QED) is 0.584. The number of benzene rings is 1. The van der Waals surface area contributed by atoms with Crippen molar-refractivity contribution in [1.82, 2.24) is 4.90 Å². The second-order valence-electron chi connectivity index (χ2n) is 7.91. The van der Waals surface area contributed by atoms with Crippen LogP contribution in [0.25, 0.3) is 0 Å². The van der Waals surface area contributed by atoms with E-state index in [1.54, 1.807) is 12.1 Å². The lowest BCUT2D eigenvalue weighted by Gasteiger charge is -2.33. The summed E-state index contributed by atoms with van der Waals surface area (Å²) in [6.07, 6.45) is 4.03. The smallest absolute Gasteiger partial charge is 0.291 e. The Morgan fingerprint density at radius 3 is 2.30 bits per heavy atom. The number of rotatable bonds is 10. The second-order valence-corrected chi connectivity index (χ2v) is 7.91. The molecule has 6 heteroatoms. The van der Waals surface area contributed by atoms with Gasteiger partial charge >= 0.3 is 0 Å². The van der Waals surface area contributed by atoms with Crippen LogP contribution in [0, 0.1) is 5.92 Å². The highest BCUT2D eigenvalue weighted by Gasteiger charge is 2.26. The van der Waals surface area contributed by atoms with Crippen molar-refractivity contribution in [1.29, 1.82) is 0 Å². The Morgan fingerprint density at radius 1 is 1.07 bits per heavy atom. The highest BCUT2D eigenvalue weighted by Crippen LogP contribution is 2.27. The Hall–Kier alpha value is -2.76. The Bertz CT molecular complexity index is 826. The van der Waals surface area contributed by atoms with Crippen LogP contribution in [0.1, 0.15) is 63.1 Å². The van der Waals surface area contributed by atoms with Gasteiger partial charge in [0.1, 0.15) is 0 Å². The van der Waals surface area contributed by atoms with Gasteiger partial charge in [0.2, 0.25) is 5.91 Å². The molecule has 0 spiro atoms. The lowest BCUT2D eigenvalue weighted by Crippen LogP contribution is -2.41. The van der Waals surface area contributed by atoms with E-state index in [1.165, 1.54) is 6.26 Å². The number of furan rings is 1. The molecule has 1 aromatic carbocycles. The Labute approximate surface area is 180 Å². The zero-order valence-corrected chi connectivity index (χ0v) is 19.1. The van der Waals surface area contributed by atoms with E-state index in [9.17, 15) is 9.59 Å². The fourth-order valence-corrected chi connectivity index (χ4v) is 3.55. The van der Waals surface area contributed by atoms with Crippen LogP contribution in [0.15, 0.2) is 41.0 Å². The molecule has 6 nitrogen and oxygen atoms in total. The molecule has 0 saturated heterocycles. The van der Waals surface area contributed by atoms with E-state index >= 15 is 0 Å². The van der Waals surface area contributed by atoms with Gasteiger partial charge in [-0.1, -0.05) is 20.8 Å². The fourth-order valence-electron chi connectivity index (χ4n) is 3.55. The molecule has 2 amide bonds. The van der Waals surface area contributed by atoms with E-state index in [4.69, 9.17) is 4.42 Å². The molecule has 0 aliphatic rings. The van der Waals surface area contributed by atoms with Crippen LogP contribution in [0.2, 0.25) is 0 Å². The van der Waals surface area contributed by atoms with Gasteiger partial charge in [0.05, 0.1) is 6.26 Å². The number of nitrogens with zero attached hydrogens (tertiary/aromatic N) is 2. The van der Waals surface area contributed by atoms with Crippen LogP contribution in [0.5, 0.6) is 0 Å². The number of carbonyl (C=O) groups is 2. The first kappa shape index (κ1) is 23.5. The van der Waals surface area contributed by atoms with Crippen LogP contribution in [-0.2, 0) is 11.3 Å². The molecule has 0 bridgehead atoms. The van der Waals surface area contributed by atoms with Crippen LogP contribution in [0.3, 0.4) is 0 Å². The van der Waals surface area contributed by atoms with Crippen molar-refractivity contribution in [2.75, 3.05) is 24.3 Å². The molecule has 1 atom stereocenters. The predicted molar refractivity (Wildman–Crippen MR) is 122 cm³/mol. The molecule has 0 radical (unpaired) electrons. The van der Waals surface area contributed by atoms with Crippen molar-refractivity contribution in [3.63, 3.8) is 0 Å².